The zero-order chi connectivity index (χ0) is 14.4. The van der Waals surface area contributed by atoms with Crippen molar-refractivity contribution in [2.45, 2.75) is 6.04 Å². The highest BCUT2D eigenvalue weighted by Gasteiger charge is 2.18. The first kappa shape index (κ1) is 14.1. The summed E-state index contributed by atoms with van der Waals surface area (Å²) >= 11 is 0. The highest BCUT2D eigenvalue weighted by molar-refractivity contribution is 6.04. The Morgan fingerprint density at radius 3 is 2.37 bits per heavy atom. The molecule has 1 rings (SSSR count). The number of anilines is 1. The lowest BCUT2D eigenvalue weighted by molar-refractivity contribution is 0.252. The van der Waals surface area contributed by atoms with Gasteiger partial charge in [-0.05, 0) is 12.1 Å². The third-order valence-electron chi connectivity index (χ3n) is 2.01. The smallest absolute Gasteiger partial charge is 0.316 e. The summed E-state index contributed by atoms with van der Waals surface area (Å²) in [4.78, 5) is 11.4. The lowest BCUT2D eigenvalue weighted by Crippen LogP contribution is -2.41. The second-order valence-corrected chi connectivity index (χ2v) is 3.28. The fourth-order valence-electron chi connectivity index (χ4n) is 1.13. The molecular formula is C11H7F2N5O. The molecule has 0 heterocycles. The van der Waals surface area contributed by atoms with E-state index >= 15 is 0 Å². The van der Waals surface area contributed by atoms with Gasteiger partial charge < -0.3 is 10.6 Å². The van der Waals surface area contributed by atoms with Gasteiger partial charge in [-0.25, -0.2) is 13.6 Å². The van der Waals surface area contributed by atoms with E-state index in [2.05, 4.69) is 0 Å². The highest BCUT2D eigenvalue weighted by atomic mass is 19.1. The van der Waals surface area contributed by atoms with Crippen LogP contribution in [0.15, 0.2) is 18.2 Å². The average Bonchev–Trinajstić information content (AvgIpc) is 2.39. The van der Waals surface area contributed by atoms with Crippen molar-refractivity contribution in [3.63, 3.8) is 0 Å². The van der Waals surface area contributed by atoms with Crippen LogP contribution in [0.1, 0.15) is 0 Å². The molecule has 6 nitrogen and oxygen atoms in total. The van der Waals surface area contributed by atoms with Crippen LogP contribution >= 0.6 is 0 Å². The van der Waals surface area contributed by atoms with Crippen LogP contribution in [0, 0.1) is 39.7 Å². The number of carbonyl (C=O) groups is 1. The van der Waals surface area contributed by atoms with Crippen LogP contribution < -0.4 is 10.6 Å². The molecule has 0 fully saturated rings. The summed E-state index contributed by atoms with van der Waals surface area (Å²) in [6.07, 6.45) is 0. The number of urea groups is 1. The minimum atomic E-state index is -1.49. The third kappa shape index (κ3) is 3.48. The number of amides is 2. The number of para-hydroxylation sites is 1. The fraction of sp³-hybridized carbons (Fsp3) is 0.0909. The molecule has 0 bridgehead atoms. The molecule has 96 valence electrons. The molecule has 1 aromatic rings. The summed E-state index contributed by atoms with van der Waals surface area (Å²) < 4.78 is 26.4. The van der Waals surface area contributed by atoms with E-state index in [1.807, 2.05) is 10.6 Å². The third-order valence-corrected chi connectivity index (χ3v) is 2.01. The average molecular weight is 263 g/mol. The number of benzene rings is 1. The van der Waals surface area contributed by atoms with Gasteiger partial charge in [-0.3, -0.25) is 5.41 Å². The number of nitrogens with zero attached hydrogens (tertiary/aromatic N) is 2. The largest absolute Gasteiger partial charge is 0.320 e. The number of hydrogen-bond acceptors (Lipinski definition) is 4. The first-order valence-corrected chi connectivity index (χ1v) is 4.89. The summed E-state index contributed by atoms with van der Waals surface area (Å²) in [6, 6.07) is 3.29. The molecule has 1 unspecified atom stereocenters. The van der Waals surface area contributed by atoms with Gasteiger partial charge in [0.2, 0.25) is 0 Å². The normalized spacial score (nSPS) is 10.7. The van der Waals surface area contributed by atoms with Gasteiger partial charge in [-0.15, -0.1) is 0 Å². The predicted octanol–water partition coefficient (Wildman–Crippen LogP) is 1.52. The Morgan fingerprint density at radius 2 is 1.89 bits per heavy atom. The van der Waals surface area contributed by atoms with Crippen LogP contribution in [0.2, 0.25) is 0 Å². The predicted molar refractivity (Wildman–Crippen MR) is 61.3 cm³/mol. The van der Waals surface area contributed by atoms with Crippen LogP contribution in [0.5, 0.6) is 0 Å². The quantitative estimate of drug-likeness (QED) is 0.718. The Labute approximate surface area is 106 Å². The van der Waals surface area contributed by atoms with Gasteiger partial charge in [0.15, 0.2) is 6.04 Å². The summed E-state index contributed by atoms with van der Waals surface area (Å²) in [6.45, 7) is 0. The van der Waals surface area contributed by atoms with Gasteiger partial charge in [0.1, 0.15) is 29.1 Å². The van der Waals surface area contributed by atoms with Gasteiger partial charge in [-0.1, -0.05) is 6.07 Å². The van der Waals surface area contributed by atoms with Gasteiger partial charge in [-0.2, -0.15) is 10.5 Å². The first-order valence-electron chi connectivity index (χ1n) is 4.89. The second kappa shape index (κ2) is 6.07. The first-order chi connectivity index (χ1) is 8.99. The Bertz CT molecular complexity index is 582. The zero-order valence-electron chi connectivity index (χ0n) is 9.37. The topological polar surface area (TPSA) is 113 Å². The number of carbonyl (C=O) groups excluding carboxylic acids is 1. The van der Waals surface area contributed by atoms with E-state index in [-0.39, 0.29) is 0 Å². The molecule has 0 saturated heterocycles. The molecular weight excluding hydrogens is 256 g/mol. The van der Waals surface area contributed by atoms with Crippen molar-refractivity contribution in [1.82, 2.24) is 5.32 Å². The van der Waals surface area contributed by atoms with Crippen LogP contribution in [0.4, 0.5) is 19.3 Å². The van der Waals surface area contributed by atoms with E-state index in [4.69, 9.17) is 15.9 Å². The van der Waals surface area contributed by atoms with E-state index in [1.165, 1.54) is 12.1 Å². The Morgan fingerprint density at radius 1 is 1.32 bits per heavy atom. The summed E-state index contributed by atoms with van der Waals surface area (Å²) in [5.74, 6) is -1.97. The molecule has 1 atom stereocenters. The van der Waals surface area contributed by atoms with Crippen molar-refractivity contribution in [3.05, 3.63) is 29.8 Å². The van der Waals surface area contributed by atoms with Crippen LogP contribution in [-0.2, 0) is 0 Å². The zero-order valence-corrected chi connectivity index (χ0v) is 9.37. The van der Waals surface area contributed by atoms with Crippen molar-refractivity contribution < 1.29 is 13.6 Å². The molecule has 0 spiro atoms. The SMILES string of the molecule is N#CC(=N)C(C#N)NC(=O)Nc1c(F)cccc1F. The van der Waals surface area contributed by atoms with Crippen molar-refractivity contribution in [2.24, 2.45) is 0 Å². The molecule has 0 aliphatic carbocycles. The number of halogens is 2. The van der Waals surface area contributed by atoms with Crippen molar-refractivity contribution in [2.75, 3.05) is 5.32 Å². The van der Waals surface area contributed by atoms with Gasteiger partial charge in [0, 0.05) is 0 Å². The Kier molecular flexibility index (Phi) is 4.50. The van der Waals surface area contributed by atoms with E-state index < -0.39 is 35.1 Å². The van der Waals surface area contributed by atoms with Gasteiger partial charge >= 0.3 is 6.03 Å². The molecule has 0 aliphatic heterocycles. The van der Waals surface area contributed by atoms with Crippen molar-refractivity contribution in [1.29, 1.82) is 15.9 Å². The molecule has 1 aromatic carbocycles. The Hall–Kier alpha value is -3.00. The number of hydrogen-bond donors (Lipinski definition) is 3. The lowest BCUT2D eigenvalue weighted by atomic mass is 10.2. The minimum absolute atomic E-state index is 0.680. The molecule has 3 N–H and O–H groups in total. The maximum atomic E-state index is 13.2. The fourth-order valence-corrected chi connectivity index (χ4v) is 1.13. The maximum absolute atomic E-state index is 13.2. The van der Waals surface area contributed by atoms with Gasteiger partial charge in [0.25, 0.3) is 0 Å². The summed E-state index contributed by atoms with van der Waals surface area (Å²) in [7, 11) is 0. The molecule has 8 heteroatoms. The van der Waals surface area contributed by atoms with Crippen molar-refractivity contribution >= 4 is 17.4 Å². The van der Waals surface area contributed by atoms with Crippen LogP contribution in [-0.4, -0.2) is 17.8 Å². The summed E-state index contributed by atoms with van der Waals surface area (Å²) in [5, 5.41) is 27.9. The van der Waals surface area contributed by atoms with Crippen molar-refractivity contribution in [3.8, 4) is 12.1 Å². The van der Waals surface area contributed by atoms with Crippen LogP contribution in [0.25, 0.3) is 0 Å². The minimum Gasteiger partial charge on any atom is -0.316 e. The van der Waals surface area contributed by atoms with Gasteiger partial charge in [0.05, 0.1) is 6.07 Å². The molecule has 0 saturated carbocycles. The molecule has 0 radical (unpaired) electrons. The van der Waals surface area contributed by atoms with E-state index in [1.54, 1.807) is 0 Å². The molecule has 2 amide bonds. The molecule has 0 aromatic heterocycles. The number of nitrogens with one attached hydrogen (secondary N) is 3. The standard InChI is InChI=1S/C11H7F2N5O/c12-6-2-1-3-7(13)10(6)18-11(19)17-9(5-15)8(16)4-14/h1-3,9,16H,(H2,17,18,19). The lowest BCUT2D eigenvalue weighted by Gasteiger charge is -2.11. The number of nitriles is 2. The molecule has 19 heavy (non-hydrogen) atoms. The van der Waals surface area contributed by atoms with E-state index in [9.17, 15) is 13.6 Å². The monoisotopic (exact) mass is 263 g/mol. The van der Waals surface area contributed by atoms with E-state index in [0.717, 1.165) is 18.2 Å². The maximum Gasteiger partial charge on any atom is 0.320 e. The second-order valence-electron chi connectivity index (χ2n) is 3.28. The Balaban J connectivity index is 2.79. The highest BCUT2D eigenvalue weighted by Crippen LogP contribution is 2.17. The van der Waals surface area contributed by atoms with Crippen LogP contribution in [0.3, 0.4) is 0 Å². The van der Waals surface area contributed by atoms with E-state index in [0.29, 0.717) is 0 Å². The summed E-state index contributed by atoms with van der Waals surface area (Å²) in [5.41, 5.74) is -1.37. The molecule has 0 aliphatic rings. The number of rotatable bonds is 3.